The topological polar surface area (TPSA) is 41.5 Å². The van der Waals surface area contributed by atoms with Crippen LogP contribution in [0.3, 0.4) is 0 Å². The van der Waals surface area contributed by atoms with E-state index in [2.05, 4.69) is 5.32 Å². The molecule has 0 bridgehead atoms. The Morgan fingerprint density at radius 2 is 2.18 bits per heavy atom. The Labute approximate surface area is 103 Å². The molecule has 1 aromatic carbocycles. The Kier molecular flexibility index (Phi) is 4.40. The second kappa shape index (κ2) is 6.03. The molecule has 1 saturated heterocycles. The summed E-state index contributed by atoms with van der Waals surface area (Å²) in [5.74, 6) is 0.893. The average molecular weight is 235 g/mol. The third-order valence-corrected chi connectivity index (χ3v) is 3.24. The maximum Gasteiger partial charge on any atom is 0.119 e. The zero-order valence-corrected chi connectivity index (χ0v) is 10.4. The average Bonchev–Trinajstić information content (AvgIpc) is 2.86. The smallest absolute Gasteiger partial charge is 0.119 e. The van der Waals surface area contributed by atoms with Gasteiger partial charge in [0.2, 0.25) is 0 Å². The van der Waals surface area contributed by atoms with Gasteiger partial charge in [-0.3, -0.25) is 0 Å². The van der Waals surface area contributed by atoms with Crippen LogP contribution in [0.15, 0.2) is 24.3 Å². The molecule has 1 aromatic rings. The highest BCUT2D eigenvalue weighted by Gasteiger charge is 2.22. The number of rotatable bonds is 5. The van der Waals surface area contributed by atoms with E-state index in [1.165, 1.54) is 6.42 Å². The molecule has 2 rings (SSSR count). The first-order chi connectivity index (χ1) is 8.29. The highest BCUT2D eigenvalue weighted by atomic mass is 16.5. The van der Waals surface area contributed by atoms with Crippen molar-refractivity contribution in [1.82, 2.24) is 5.32 Å². The van der Waals surface area contributed by atoms with E-state index in [0.717, 1.165) is 24.3 Å². The van der Waals surface area contributed by atoms with Gasteiger partial charge in [0.15, 0.2) is 0 Å². The summed E-state index contributed by atoms with van der Waals surface area (Å²) in [6, 6.07) is 8.26. The van der Waals surface area contributed by atoms with Gasteiger partial charge in [-0.15, -0.1) is 0 Å². The lowest BCUT2D eigenvalue weighted by Gasteiger charge is -2.18. The van der Waals surface area contributed by atoms with Crippen molar-refractivity contribution < 1.29 is 9.84 Å². The summed E-state index contributed by atoms with van der Waals surface area (Å²) >= 11 is 0. The number of benzene rings is 1. The molecule has 1 heterocycles. The Balaban J connectivity index is 1.89. The summed E-state index contributed by atoms with van der Waals surface area (Å²) < 4.78 is 5.39. The number of nitrogens with one attached hydrogen (secondary N) is 1. The van der Waals surface area contributed by atoms with Crippen molar-refractivity contribution in [2.45, 2.75) is 38.3 Å². The van der Waals surface area contributed by atoms with E-state index in [-0.39, 0.29) is 12.1 Å². The third kappa shape index (κ3) is 3.45. The van der Waals surface area contributed by atoms with Crippen LogP contribution in [-0.4, -0.2) is 30.4 Å². The van der Waals surface area contributed by atoms with Crippen LogP contribution >= 0.6 is 0 Å². The molecule has 1 aliphatic rings. The first-order valence-corrected chi connectivity index (χ1v) is 6.43. The summed E-state index contributed by atoms with van der Waals surface area (Å²) in [5.41, 5.74) is 1.16. The number of hydrogen-bond acceptors (Lipinski definition) is 3. The van der Waals surface area contributed by atoms with E-state index in [1.54, 1.807) is 0 Å². The molecule has 0 aliphatic carbocycles. The van der Waals surface area contributed by atoms with Gasteiger partial charge in [-0.2, -0.15) is 0 Å². The van der Waals surface area contributed by atoms with Crippen molar-refractivity contribution >= 4 is 0 Å². The van der Waals surface area contributed by atoms with Crippen LogP contribution in [0.25, 0.3) is 0 Å². The van der Waals surface area contributed by atoms with Gasteiger partial charge in [0.1, 0.15) is 5.75 Å². The molecule has 17 heavy (non-hydrogen) atoms. The van der Waals surface area contributed by atoms with Gasteiger partial charge in [0.25, 0.3) is 0 Å². The lowest BCUT2D eigenvalue weighted by atomic mass is 10.0. The van der Waals surface area contributed by atoms with E-state index < -0.39 is 0 Å². The third-order valence-electron chi connectivity index (χ3n) is 3.24. The van der Waals surface area contributed by atoms with Crippen molar-refractivity contribution in [3.05, 3.63) is 29.8 Å². The largest absolute Gasteiger partial charge is 0.494 e. The van der Waals surface area contributed by atoms with Gasteiger partial charge in [0, 0.05) is 6.04 Å². The molecule has 2 N–H and O–H groups in total. The van der Waals surface area contributed by atoms with Crippen molar-refractivity contribution in [3.8, 4) is 5.75 Å². The van der Waals surface area contributed by atoms with Gasteiger partial charge in [0.05, 0.1) is 12.7 Å². The van der Waals surface area contributed by atoms with Gasteiger partial charge in [-0.05, 0) is 50.4 Å². The van der Waals surface area contributed by atoms with E-state index in [4.69, 9.17) is 4.74 Å². The minimum absolute atomic E-state index is 0.265. The van der Waals surface area contributed by atoms with Crippen LogP contribution in [0.5, 0.6) is 5.75 Å². The maximum atomic E-state index is 10.1. The lowest BCUT2D eigenvalue weighted by Crippen LogP contribution is -2.36. The zero-order chi connectivity index (χ0) is 12.1. The molecular weight excluding hydrogens is 214 g/mol. The molecule has 0 radical (unpaired) electrons. The molecule has 3 nitrogen and oxygen atoms in total. The normalized spacial score (nSPS) is 21.4. The quantitative estimate of drug-likeness (QED) is 0.817. The molecule has 1 fully saturated rings. The number of aliphatic hydroxyl groups is 1. The molecule has 2 atom stereocenters. The number of ether oxygens (including phenoxy) is 1. The maximum absolute atomic E-state index is 10.1. The van der Waals surface area contributed by atoms with Crippen LogP contribution in [0, 0.1) is 0 Å². The predicted octanol–water partition coefficient (Wildman–Crippen LogP) is 1.74. The minimum atomic E-state index is -0.282. The Morgan fingerprint density at radius 3 is 2.76 bits per heavy atom. The fourth-order valence-electron chi connectivity index (χ4n) is 2.31. The molecule has 94 valence electrons. The molecule has 3 heteroatoms. The van der Waals surface area contributed by atoms with Gasteiger partial charge in [-0.25, -0.2) is 0 Å². The highest BCUT2D eigenvalue weighted by Crippen LogP contribution is 2.16. The van der Waals surface area contributed by atoms with Gasteiger partial charge >= 0.3 is 0 Å². The van der Waals surface area contributed by atoms with E-state index in [1.807, 2.05) is 31.2 Å². The Morgan fingerprint density at radius 1 is 1.41 bits per heavy atom. The molecule has 0 aromatic heterocycles. The monoisotopic (exact) mass is 235 g/mol. The first kappa shape index (κ1) is 12.4. The summed E-state index contributed by atoms with van der Waals surface area (Å²) in [6.45, 7) is 3.70. The summed E-state index contributed by atoms with van der Waals surface area (Å²) in [5, 5.41) is 13.4. The van der Waals surface area contributed by atoms with Crippen LogP contribution in [0.4, 0.5) is 0 Å². The Hall–Kier alpha value is -1.06. The second-order valence-electron chi connectivity index (χ2n) is 4.55. The predicted molar refractivity (Wildman–Crippen MR) is 68.3 cm³/mol. The summed E-state index contributed by atoms with van der Waals surface area (Å²) in [6.07, 6.45) is 2.68. The summed E-state index contributed by atoms with van der Waals surface area (Å²) in [7, 11) is 0. The van der Waals surface area contributed by atoms with Crippen LogP contribution in [0.1, 0.15) is 25.3 Å². The van der Waals surface area contributed by atoms with Crippen molar-refractivity contribution in [1.29, 1.82) is 0 Å². The van der Waals surface area contributed by atoms with Gasteiger partial charge < -0.3 is 15.2 Å². The molecule has 0 saturated carbocycles. The van der Waals surface area contributed by atoms with Crippen LogP contribution in [0.2, 0.25) is 0 Å². The Bertz CT molecular complexity index is 331. The molecule has 2 unspecified atom stereocenters. The van der Waals surface area contributed by atoms with E-state index in [9.17, 15) is 5.11 Å². The van der Waals surface area contributed by atoms with E-state index in [0.29, 0.717) is 13.0 Å². The minimum Gasteiger partial charge on any atom is -0.494 e. The molecule has 0 spiro atoms. The summed E-state index contributed by atoms with van der Waals surface area (Å²) in [4.78, 5) is 0. The standard InChI is InChI=1S/C14H21NO2/c1-2-17-12-7-5-11(6-8-12)10-14(16)13-4-3-9-15-13/h5-8,13-16H,2-4,9-10H2,1H3. The van der Waals surface area contributed by atoms with Crippen molar-refractivity contribution in [3.63, 3.8) is 0 Å². The molecule has 1 aliphatic heterocycles. The first-order valence-electron chi connectivity index (χ1n) is 6.43. The van der Waals surface area contributed by atoms with Crippen LogP contribution in [-0.2, 0) is 6.42 Å². The highest BCUT2D eigenvalue weighted by molar-refractivity contribution is 5.27. The fraction of sp³-hybridized carbons (Fsp3) is 0.571. The lowest BCUT2D eigenvalue weighted by molar-refractivity contribution is 0.136. The number of aliphatic hydroxyl groups excluding tert-OH is 1. The van der Waals surface area contributed by atoms with Crippen molar-refractivity contribution in [2.24, 2.45) is 0 Å². The fourth-order valence-corrected chi connectivity index (χ4v) is 2.31. The molecular formula is C14H21NO2. The van der Waals surface area contributed by atoms with Crippen molar-refractivity contribution in [2.75, 3.05) is 13.2 Å². The van der Waals surface area contributed by atoms with Crippen LogP contribution < -0.4 is 10.1 Å². The number of hydrogen-bond donors (Lipinski definition) is 2. The SMILES string of the molecule is CCOc1ccc(CC(O)C2CCCN2)cc1. The van der Waals surface area contributed by atoms with Gasteiger partial charge in [-0.1, -0.05) is 12.1 Å². The van der Waals surface area contributed by atoms with E-state index >= 15 is 0 Å². The molecule has 0 amide bonds. The second-order valence-corrected chi connectivity index (χ2v) is 4.55. The zero-order valence-electron chi connectivity index (χ0n) is 10.4.